The summed E-state index contributed by atoms with van der Waals surface area (Å²) < 4.78 is 0. The van der Waals surface area contributed by atoms with Crippen LogP contribution in [0, 0.1) is 6.92 Å². The van der Waals surface area contributed by atoms with E-state index in [0.29, 0.717) is 10.7 Å². The van der Waals surface area contributed by atoms with Crippen molar-refractivity contribution in [1.82, 2.24) is 0 Å². The van der Waals surface area contributed by atoms with E-state index >= 15 is 0 Å². The highest BCUT2D eigenvalue weighted by molar-refractivity contribution is 6.33. The van der Waals surface area contributed by atoms with Gasteiger partial charge in [0.2, 0.25) is 0 Å². The molecule has 2 nitrogen and oxygen atoms in total. The molecule has 1 rings (SSSR count). The topological polar surface area (TPSA) is 38.0 Å². The largest absolute Gasteiger partial charge is 0.323 e. The minimum Gasteiger partial charge on any atom is -0.323 e. The molecule has 0 aliphatic rings. The molecule has 0 aliphatic carbocycles. The molecule has 1 radical (unpaired) electrons. The third-order valence-electron chi connectivity index (χ3n) is 1.19. The zero-order valence-corrected chi connectivity index (χ0v) is 6.15. The fraction of sp³-hybridized carbons (Fsp3) is 0. The summed E-state index contributed by atoms with van der Waals surface area (Å²) in [4.78, 5) is 0. The van der Waals surface area contributed by atoms with Crippen molar-refractivity contribution in [3.05, 3.63) is 35.7 Å². The molecule has 3 heteroatoms. The molecule has 0 heterocycles. The highest BCUT2D eigenvalue weighted by atomic mass is 35.5. The number of nitrogens with two attached hydrogens (primary N) is 1. The Morgan fingerprint density at radius 2 is 2.20 bits per heavy atom. The zero-order valence-electron chi connectivity index (χ0n) is 5.39. The Morgan fingerprint density at radius 3 is 2.70 bits per heavy atom. The summed E-state index contributed by atoms with van der Waals surface area (Å²) in [7, 11) is 0. The fourth-order valence-corrected chi connectivity index (χ4v) is 0.855. The van der Waals surface area contributed by atoms with Crippen LogP contribution in [-0.2, 0) is 0 Å². The van der Waals surface area contributed by atoms with E-state index in [1.54, 1.807) is 12.1 Å². The maximum atomic E-state index is 5.73. The minimum absolute atomic E-state index is 0.606. The van der Waals surface area contributed by atoms with Crippen LogP contribution < -0.4 is 11.3 Å². The Labute approximate surface area is 65.0 Å². The molecule has 53 valence electrons. The van der Waals surface area contributed by atoms with E-state index in [0.717, 1.165) is 5.56 Å². The average molecular weight is 156 g/mol. The fourth-order valence-electron chi connectivity index (χ4n) is 0.683. The van der Waals surface area contributed by atoms with Crippen LogP contribution >= 0.6 is 11.6 Å². The monoisotopic (exact) mass is 155 g/mol. The summed E-state index contributed by atoms with van der Waals surface area (Å²) in [5.41, 5.74) is 4.05. The summed E-state index contributed by atoms with van der Waals surface area (Å²) in [6, 6.07) is 5.35. The second-order valence-corrected chi connectivity index (χ2v) is 2.37. The van der Waals surface area contributed by atoms with Crippen molar-refractivity contribution < 1.29 is 0 Å². The van der Waals surface area contributed by atoms with Crippen molar-refractivity contribution in [3.63, 3.8) is 0 Å². The van der Waals surface area contributed by atoms with Gasteiger partial charge in [0.1, 0.15) is 0 Å². The third kappa shape index (κ3) is 1.40. The van der Waals surface area contributed by atoms with Crippen molar-refractivity contribution >= 4 is 17.3 Å². The number of nitrogen functional groups attached to an aromatic ring is 1. The van der Waals surface area contributed by atoms with Gasteiger partial charge in [-0.25, -0.2) is 0 Å². The predicted octanol–water partition coefficient (Wildman–Crippen LogP) is 1.81. The van der Waals surface area contributed by atoms with Gasteiger partial charge in [0.05, 0.1) is 10.7 Å². The van der Waals surface area contributed by atoms with Crippen LogP contribution in [0.2, 0.25) is 5.02 Å². The maximum Gasteiger partial charge on any atom is 0.0674 e. The van der Waals surface area contributed by atoms with E-state index in [2.05, 4.69) is 12.3 Å². The Balaban J connectivity index is 3.09. The molecule has 0 fully saturated rings. The number of hydrazine groups is 1. The highest BCUT2D eigenvalue weighted by Crippen LogP contribution is 2.20. The van der Waals surface area contributed by atoms with E-state index < -0.39 is 0 Å². The lowest BCUT2D eigenvalue weighted by molar-refractivity contribution is 1.35. The first-order valence-electron chi connectivity index (χ1n) is 2.82. The van der Waals surface area contributed by atoms with Gasteiger partial charge in [0.15, 0.2) is 0 Å². The highest BCUT2D eigenvalue weighted by Gasteiger charge is 1.95. The van der Waals surface area contributed by atoms with E-state index in [1.807, 2.05) is 6.07 Å². The molecule has 0 unspecified atom stereocenters. The van der Waals surface area contributed by atoms with Gasteiger partial charge in [-0.3, -0.25) is 5.84 Å². The van der Waals surface area contributed by atoms with Crippen LogP contribution in [0.3, 0.4) is 0 Å². The van der Waals surface area contributed by atoms with Gasteiger partial charge < -0.3 is 5.43 Å². The van der Waals surface area contributed by atoms with Gasteiger partial charge in [-0.05, 0) is 24.6 Å². The summed E-state index contributed by atoms with van der Waals surface area (Å²) in [5, 5.41) is 0.606. The first-order valence-corrected chi connectivity index (χ1v) is 3.20. The second-order valence-electron chi connectivity index (χ2n) is 1.96. The predicted molar refractivity (Wildman–Crippen MR) is 43.7 cm³/mol. The van der Waals surface area contributed by atoms with Crippen molar-refractivity contribution in [2.75, 3.05) is 5.43 Å². The first kappa shape index (κ1) is 7.38. The number of halogens is 1. The van der Waals surface area contributed by atoms with Crippen molar-refractivity contribution in [2.24, 2.45) is 5.84 Å². The Kier molecular flexibility index (Phi) is 2.14. The van der Waals surface area contributed by atoms with Gasteiger partial charge in [0, 0.05) is 0 Å². The second kappa shape index (κ2) is 2.90. The number of rotatable bonds is 1. The number of hydrogen-bond donors (Lipinski definition) is 2. The van der Waals surface area contributed by atoms with Crippen LogP contribution in [0.1, 0.15) is 5.56 Å². The molecule has 0 atom stereocenters. The molecule has 0 bridgehead atoms. The standard InChI is InChI=1S/C7H8ClN2/c1-5-2-3-6(8)7(4-5)10-9/h2-4,10H,1,9H2. The quantitative estimate of drug-likeness (QED) is 0.480. The Morgan fingerprint density at radius 1 is 1.50 bits per heavy atom. The molecule has 0 aromatic heterocycles. The Bertz CT molecular complexity index is 235. The SMILES string of the molecule is [CH2]c1ccc(Cl)c(NN)c1. The van der Waals surface area contributed by atoms with Gasteiger partial charge in [0.25, 0.3) is 0 Å². The molecule has 3 N–H and O–H groups in total. The van der Waals surface area contributed by atoms with Gasteiger partial charge in [-0.2, -0.15) is 0 Å². The number of hydrogen-bond acceptors (Lipinski definition) is 2. The van der Waals surface area contributed by atoms with Crippen molar-refractivity contribution in [1.29, 1.82) is 0 Å². The van der Waals surface area contributed by atoms with E-state index in [9.17, 15) is 0 Å². The summed E-state index contributed by atoms with van der Waals surface area (Å²) in [6.45, 7) is 3.72. The number of anilines is 1. The van der Waals surface area contributed by atoms with Crippen molar-refractivity contribution in [3.8, 4) is 0 Å². The van der Waals surface area contributed by atoms with E-state index in [4.69, 9.17) is 17.4 Å². The molecular weight excluding hydrogens is 148 g/mol. The molecule has 10 heavy (non-hydrogen) atoms. The van der Waals surface area contributed by atoms with E-state index in [1.165, 1.54) is 0 Å². The first-order chi connectivity index (χ1) is 4.74. The van der Waals surface area contributed by atoms with Gasteiger partial charge >= 0.3 is 0 Å². The van der Waals surface area contributed by atoms with Crippen LogP contribution in [-0.4, -0.2) is 0 Å². The molecule has 1 aromatic carbocycles. The summed E-state index contributed by atoms with van der Waals surface area (Å²) in [5.74, 6) is 5.16. The summed E-state index contributed by atoms with van der Waals surface area (Å²) in [6.07, 6.45) is 0. The minimum atomic E-state index is 0.606. The maximum absolute atomic E-state index is 5.73. The Hall–Kier alpha value is -0.730. The number of benzene rings is 1. The lowest BCUT2D eigenvalue weighted by Crippen LogP contribution is -2.07. The van der Waals surface area contributed by atoms with Crippen LogP contribution in [0.15, 0.2) is 18.2 Å². The average Bonchev–Trinajstić information content (AvgIpc) is 1.94. The normalized spacial score (nSPS) is 9.50. The third-order valence-corrected chi connectivity index (χ3v) is 1.52. The molecule has 0 spiro atoms. The molecule has 0 saturated carbocycles. The molecule has 1 aromatic rings. The number of nitrogens with one attached hydrogen (secondary N) is 1. The molecule has 0 saturated heterocycles. The smallest absolute Gasteiger partial charge is 0.0674 e. The van der Waals surface area contributed by atoms with E-state index in [-0.39, 0.29) is 0 Å². The molecule has 0 amide bonds. The van der Waals surface area contributed by atoms with Gasteiger partial charge in [-0.15, -0.1) is 0 Å². The summed E-state index contributed by atoms with van der Waals surface area (Å²) >= 11 is 5.73. The molecule has 0 aliphatic heterocycles. The van der Waals surface area contributed by atoms with Crippen LogP contribution in [0.25, 0.3) is 0 Å². The molecular formula is C7H8ClN2. The van der Waals surface area contributed by atoms with Crippen molar-refractivity contribution in [2.45, 2.75) is 0 Å². The van der Waals surface area contributed by atoms with Gasteiger partial charge in [-0.1, -0.05) is 17.7 Å². The lowest BCUT2D eigenvalue weighted by atomic mass is 10.2. The lowest BCUT2D eigenvalue weighted by Gasteiger charge is -2.02. The zero-order chi connectivity index (χ0) is 7.56. The van der Waals surface area contributed by atoms with Crippen LogP contribution in [0.4, 0.5) is 5.69 Å². The van der Waals surface area contributed by atoms with Crippen LogP contribution in [0.5, 0.6) is 0 Å².